The van der Waals surface area contributed by atoms with Crippen molar-refractivity contribution in [3.05, 3.63) is 18.2 Å². The predicted octanol–water partition coefficient (Wildman–Crippen LogP) is 2.39. The summed E-state index contributed by atoms with van der Waals surface area (Å²) >= 11 is 0. The van der Waals surface area contributed by atoms with E-state index in [0.717, 1.165) is 19.3 Å². The topological polar surface area (TPSA) is 67.9 Å². The summed E-state index contributed by atoms with van der Waals surface area (Å²) in [6.45, 7) is 5.42. The van der Waals surface area contributed by atoms with E-state index in [1.807, 2.05) is 6.92 Å². The molecule has 2 rings (SSSR count). The number of unbranched alkanes of at least 4 members (excludes halogenated alkanes) is 1. The van der Waals surface area contributed by atoms with Crippen LogP contribution in [0.4, 0.5) is 5.69 Å². The second kappa shape index (κ2) is 7.68. The Labute approximate surface area is 130 Å². The number of carbonyl (C=O) groups is 2. The van der Waals surface area contributed by atoms with Gasteiger partial charge >= 0.3 is 11.8 Å². The maximum atomic E-state index is 12.2. The lowest BCUT2D eigenvalue weighted by atomic mass is 10.2. The summed E-state index contributed by atoms with van der Waals surface area (Å²) < 4.78 is 10.5. The van der Waals surface area contributed by atoms with Crippen LogP contribution in [-0.2, 0) is 9.59 Å². The molecule has 0 spiro atoms. The van der Waals surface area contributed by atoms with Crippen LogP contribution in [0.25, 0.3) is 0 Å². The van der Waals surface area contributed by atoms with Crippen LogP contribution in [0.1, 0.15) is 33.1 Å². The summed E-state index contributed by atoms with van der Waals surface area (Å²) in [5, 5.41) is 2.62. The highest BCUT2D eigenvalue weighted by atomic mass is 16.7. The van der Waals surface area contributed by atoms with Crippen molar-refractivity contribution < 1.29 is 19.1 Å². The highest BCUT2D eigenvalue weighted by molar-refractivity contribution is 6.39. The second-order valence-corrected chi connectivity index (χ2v) is 5.17. The molecule has 0 radical (unpaired) electrons. The third kappa shape index (κ3) is 3.90. The molecule has 0 aromatic heterocycles. The van der Waals surface area contributed by atoms with Gasteiger partial charge in [-0.05, 0) is 25.0 Å². The first-order valence-corrected chi connectivity index (χ1v) is 7.65. The van der Waals surface area contributed by atoms with E-state index in [1.54, 1.807) is 23.1 Å². The fourth-order valence-corrected chi connectivity index (χ4v) is 2.24. The van der Waals surface area contributed by atoms with Crippen LogP contribution in [0.15, 0.2) is 18.2 Å². The Morgan fingerprint density at radius 1 is 1.14 bits per heavy atom. The fraction of sp³-hybridized carbons (Fsp3) is 0.500. The van der Waals surface area contributed by atoms with Gasteiger partial charge in [0.25, 0.3) is 0 Å². The van der Waals surface area contributed by atoms with E-state index in [4.69, 9.17) is 9.47 Å². The average molecular weight is 306 g/mol. The van der Waals surface area contributed by atoms with Crippen LogP contribution in [0, 0.1) is 0 Å². The Balaban J connectivity index is 1.99. The van der Waals surface area contributed by atoms with Crippen LogP contribution in [0.3, 0.4) is 0 Å². The Kier molecular flexibility index (Phi) is 5.63. The molecule has 120 valence electrons. The first kappa shape index (κ1) is 16.1. The van der Waals surface area contributed by atoms with E-state index in [-0.39, 0.29) is 6.79 Å². The standard InChI is InChI=1S/C16H22N2O4/c1-3-5-9-18(8-4-2)16(20)15(19)17-12-6-7-13-14(10-12)22-11-21-13/h6-7,10H,3-5,8-9,11H2,1-2H3,(H,17,19). The zero-order valence-electron chi connectivity index (χ0n) is 13.1. The van der Waals surface area contributed by atoms with E-state index >= 15 is 0 Å². The van der Waals surface area contributed by atoms with Gasteiger partial charge in [0, 0.05) is 24.8 Å². The Morgan fingerprint density at radius 3 is 2.64 bits per heavy atom. The number of carbonyl (C=O) groups excluding carboxylic acids is 2. The first-order chi connectivity index (χ1) is 10.7. The molecule has 0 unspecified atom stereocenters. The van der Waals surface area contributed by atoms with Crippen molar-refractivity contribution in [1.82, 2.24) is 4.90 Å². The third-order valence-electron chi connectivity index (χ3n) is 3.39. The number of anilines is 1. The summed E-state index contributed by atoms with van der Waals surface area (Å²) in [5.74, 6) is 0.0953. The third-order valence-corrected chi connectivity index (χ3v) is 3.39. The molecule has 6 nitrogen and oxygen atoms in total. The van der Waals surface area contributed by atoms with Crippen molar-refractivity contribution >= 4 is 17.5 Å². The van der Waals surface area contributed by atoms with Gasteiger partial charge in [0.05, 0.1) is 0 Å². The van der Waals surface area contributed by atoms with Crippen LogP contribution >= 0.6 is 0 Å². The van der Waals surface area contributed by atoms with E-state index in [0.29, 0.717) is 30.3 Å². The lowest BCUT2D eigenvalue weighted by Crippen LogP contribution is -2.40. The summed E-state index contributed by atoms with van der Waals surface area (Å²) in [4.78, 5) is 26.0. The van der Waals surface area contributed by atoms with Crippen molar-refractivity contribution in [1.29, 1.82) is 0 Å². The number of amides is 2. The summed E-state index contributed by atoms with van der Waals surface area (Å²) in [6.07, 6.45) is 2.70. The number of benzene rings is 1. The van der Waals surface area contributed by atoms with Gasteiger partial charge in [-0.15, -0.1) is 0 Å². The van der Waals surface area contributed by atoms with Gasteiger partial charge in [-0.3, -0.25) is 9.59 Å². The first-order valence-electron chi connectivity index (χ1n) is 7.65. The largest absolute Gasteiger partial charge is 0.454 e. The quantitative estimate of drug-likeness (QED) is 0.819. The molecule has 6 heteroatoms. The second-order valence-electron chi connectivity index (χ2n) is 5.17. The number of fused-ring (bicyclic) bond motifs is 1. The monoisotopic (exact) mass is 306 g/mol. The van der Waals surface area contributed by atoms with Crippen LogP contribution in [0.5, 0.6) is 11.5 Å². The molecule has 0 saturated heterocycles. The summed E-state index contributed by atoms with van der Waals surface area (Å²) in [5.41, 5.74) is 0.523. The minimum Gasteiger partial charge on any atom is -0.454 e. The van der Waals surface area contributed by atoms with Gasteiger partial charge in [-0.2, -0.15) is 0 Å². The minimum absolute atomic E-state index is 0.174. The van der Waals surface area contributed by atoms with E-state index in [2.05, 4.69) is 12.2 Å². The lowest BCUT2D eigenvalue weighted by Gasteiger charge is -2.21. The van der Waals surface area contributed by atoms with Crippen molar-refractivity contribution in [2.45, 2.75) is 33.1 Å². The number of nitrogens with zero attached hydrogens (tertiary/aromatic N) is 1. The van der Waals surface area contributed by atoms with E-state index < -0.39 is 11.8 Å². The molecule has 0 bridgehead atoms. The van der Waals surface area contributed by atoms with Crippen molar-refractivity contribution in [2.24, 2.45) is 0 Å². The molecule has 1 heterocycles. The molecule has 0 fully saturated rings. The van der Waals surface area contributed by atoms with Crippen molar-refractivity contribution in [3.8, 4) is 11.5 Å². The number of rotatable bonds is 6. The molecule has 0 aliphatic carbocycles. The summed E-state index contributed by atoms with van der Waals surface area (Å²) in [7, 11) is 0. The van der Waals surface area contributed by atoms with Crippen molar-refractivity contribution in [3.63, 3.8) is 0 Å². The number of nitrogens with one attached hydrogen (secondary N) is 1. The van der Waals surface area contributed by atoms with Crippen LogP contribution < -0.4 is 14.8 Å². The smallest absolute Gasteiger partial charge is 0.313 e. The lowest BCUT2D eigenvalue weighted by molar-refractivity contribution is -0.143. The van der Waals surface area contributed by atoms with Crippen molar-refractivity contribution in [2.75, 3.05) is 25.2 Å². The normalized spacial score (nSPS) is 12.1. The molecule has 0 atom stereocenters. The predicted molar refractivity (Wildman–Crippen MR) is 83.0 cm³/mol. The Hall–Kier alpha value is -2.24. The summed E-state index contributed by atoms with van der Waals surface area (Å²) in [6, 6.07) is 5.06. The zero-order valence-corrected chi connectivity index (χ0v) is 13.1. The Bertz CT molecular complexity index is 545. The minimum atomic E-state index is -0.622. The zero-order chi connectivity index (χ0) is 15.9. The van der Waals surface area contributed by atoms with Crippen LogP contribution in [-0.4, -0.2) is 36.6 Å². The number of ether oxygens (including phenoxy) is 2. The molecule has 1 aliphatic rings. The molecule has 1 aromatic carbocycles. The Morgan fingerprint density at radius 2 is 1.91 bits per heavy atom. The van der Waals surface area contributed by atoms with Crippen LogP contribution in [0.2, 0.25) is 0 Å². The van der Waals surface area contributed by atoms with Gasteiger partial charge in [-0.25, -0.2) is 0 Å². The highest BCUT2D eigenvalue weighted by Crippen LogP contribution is 2.34. The maximum Gasteiger partial charge on any atom is 0.313 e. The molecule has 22 heavy (non-hydrogen) atoms. The van der Waals surface area contributed by atoms with Gasteiger partial charge in [0.1, 0.15) is 0 Å². The average Bonchev–Trinajstić information content (AvgIpc) is 2.98. The van der Waals surface area contributed by atoms with E-state index in [9.17, 15) is 9.59 Å². The molecular formula is C16H22N2O4. The van der Waals surface area contributed by atoms with Gasteiger partial charge in [0.2, 0.25) is 6.79 Å². The SMILES string of the molecule is CCCCN(CCC)C(=O)C(=O)Nc1ccc2c(c1)OCO2. The molecule has 1 N–H and O–H groups in total. The molecule has 0 saturated carbocycles. The fourth-order valence-electron chi connectivity index (χ4n) is 2.24. The maximum absolute atomic E-state index is 12.2. The van der Waals surface area contributed by atoms with Gasteiger partial charge in [0.15, 0.2) is 11.5 Å². The van der Waals surface area contributed by atoms with Gasteiger partial charge < -0.3 is 19.7 Å². The van der Waals surface area contributed by atoms with E-state index in [1.165, 1.54) is 0 Å². The number of hydrogen-bond donors (Lipinski definition) is 1. The molecule has 2 amide bonds. The molecule has 1 aliphatic heterocycles. The molecule has 1 aromatic rings. The highest BCUT2D eigenvalue weighted by Gasteiger charge is 2.22. The number of hydrogen-bond acceptors (Lipinski definition) is 4. The molecular weight excluding hydrogens is 284 g/mol. The van der Waals surface area contributed by atoms with Gasteiger partial charge in [-0.1, -0.05) is 20.3 Å².